The van der Waals surface area contributed by atoms with Crippen molar-refractivity contribution < 1.29 is 9.53 Å². The maximum absolute atomic E-state index is 11.7. The summed E-state index contributed by atoms with van der Waals surface area (Å²) in [7, 11) is 0. The molecule has 1 aromatic heterocycles. The molecule has 1 aliphatic heterocycles. The van der Waals surface area contributed by atoms with E-state index in [1.165, 1.54) is 6.92 Å². The van der Waals surface area contributed by atoms with Crippen LogP contribution in [0.2, 0.25) is 10.0 Å². The zero-order valence-electron chi connectivity index (χ0n) is 11.6. The maximum atomic E-state index is 11.7. The molecule has 2 heterocycles. The standard InChI is InChI=1S/C13H12Cl2N4O2S/c1-8(20)18-4-5-22-13-17-16-12(19(13)18)7-21-11-3-2-9(14)6-10(11)15/h2-3,6H,4-5,7H2,1H3. The van der Waals surface area contributed by atoms with E-state index < -0.39 is 0 Å². The lowest BCUT2D eigenvalue weighted by molar-refractivity contribution is -0.118. The van der Waals surface area contributed by atoms with E-state index in [0.29, 0.717) is 33.3 Å². The van der Waals surface area contributed by atoms with Crippen molar-refractivity contribution in [2.75, 3.05) is 17.3 Å². The van der Waals surface area contributed by atoms with Gasteiger partial charge < -0.3 is 4.74 Å². The highest BCUT2D eigenvalue weighted by Gasteiger charge is 2.25. The van der Waals surface area contributed by atoms with E-state index in [0.717, 1.165) is 5.75 Å². The molecule has 0 N–H and O–H groups in total. The number of amides is 1. The molecule has 0 aliphatic carbocycles. The Labute approximate surface area is 141 Å². The molecule has 3 rings (SSSR count). The minimum atomic E-state index is -0.0628. The number of ether oxygens (including phenoxy) is 1. The van der Waals surface area contributed by atoms with Crippen LogP contribution in [-0.2, 0) is 11.4 Å². The summed E-state index contributed by atoms with van der Waals surface area (Å²) in [6.07, 6.45) is 0. The van der Waals surface area contributed by atoms with E-state index in [9.17, 15) is 4.79 Å². The molecule has 6 nitrogen and oxygen atoms in total. The van der Waals surface area contributed by atoms with Gasteiger partial charge in [-0.2, -0.15) is 0 Å². The van der Waals surface area contributed by atoms with Gasteiger partial charge in [-0.05, 0) is 18.2 Å². The number of thioether (sulfide) groups is 1. The van der Waals surface area contributed by atoms with Crippen molar-refractivity contribution in [3.8, 4) is 5.75 Å². The minimum Gasteiger partial charge on any atom is -0.484 e. The van der Waals surface area contributed by atoms with E-state index >= 15 is 0 Å². The molecular weight excluding hydrogens is 347 g/mol. The molecule has 0 spiro atoms. The molecule has 116 valence electrons. The second-order valence-corrected chi connectivity index (χ2v) is 6.47. The van der Waals surface area contributed by atoms with Crippen LogP contribution in [0.25, 0.3) is 0 Å². The van der Waals surface area contributed by atoms with E-state index in [2.05, 4.69) is 10.2 Å². The van der Waals surface area contributed by atoms with Gasteiger partial charge in [0.2, 0.25) is 11.1 Å². The van der Waals surface area contributed by atoms with Gasteiger partial charge in [0, 0.05) is 17.7 Å². The first-order valence-corrected chi connectivity index (χ1v) is 8.24. The average molecular weight is 359 g/mol. The highest BCUT2D eigenvalue weighted by atomic mass is 35.5. The van der Waals surface area contributed by atoms with Gasteiger partial charge in [-0.3, -0.25) is 4.79 Å². The fourth-order valence-corrected chi connectivity index (χ4v) is 3.41. The Morgan fingerprint density at radius 2 is 2.23 bits per heavy atom. The second-order valence-electron chi connectivity index (χ2n) is 4.56. The van der Waals surface area contributed by atoms with E-state index in [1.807, 2.05) is 0 Å². The lowest BCUT2D eigenvalue weighted by Gasteiger charge is -2.27. The summed E-state index contributed by atoms with van der Waals surface area (Å²) in [5.41, 5.74) is 0. The lowest BCUT2D eigenvalue weighted by Crippen LogP contribution is -2.44. The number of fused-ring (bicyclic) bond motifs is 1. The Kier molecular flexibility index (Phi) is 4.46. The van der Waals surface area contributed by atoms with Crippen LogP contribution in [0.5, 0.6) is 5.75 Å². The quantitative estimate of drug-likeness (QED) is 0.844. The first kappa shape index (κ1) is 15.5. The normalized spacial score (nSPS) is 13.9. The van der Waals surface area contributed by atoms with Crippen molar-refractivity contribution in [2.24, 2.45) is 0 Å². The average Bonchev–Trinajstić information content (AvgIpc) is 2.89. The summed E-state index contributed by atoms with van der Waals surface area (Å²) in [5.74, 6) is 1.78. The van der Waals surface area contributed by atoms with Gasteiger partial charge in [0.05, 0.1) is 11.6 Å². The van der Waals surface area contributed by atoms with Crippen LogP contribution >= 0.6 is 35.0 Å². The van der Waals surface area contributed by atoms with Crippen molar-refractivity contribution in [3.63, 3.8) is 0 Å². The van der Waals surface area contributed by atoms with Crippen molar-refractivity contribution >= 4 is 40.9 Å². The molecule has 0 bridgehead atoms. The van der Waals surface area contributed by atoms with Gasteiger partial charge in [-0.15, -0.1) is 10.2 Å². The van der Waals surface area contributed by atoms with E-state index in [-0.39, 0.29) is 12.5 Å². The number of carbonyl (C=O) groups is 1. The maximum Gasteiger partial charge on any atom is 0.238 e. The van der Waals surface area contributed by atoms with Crippen LogP contribution in [-0.4, -0.2) is 33.1 Å². The number of rotatable bonds is 3. The SMILES string of the molecule is CC(=O)N1CCSc2nnc(COc3ccc(Cl)cc3Cl)n21. The summed E-state index contributed by atoms with van der Waals surface area (Å²) in [6.45, 7) is 2.28. The molecule has 0 fully saturated rings. The molecule has 0 saturated carbocycles. The molecule has 0 unspecified atom stereocenters. The molecule has 22 heavy (non-hydrogen) atoms. The van der Waals surface area contributed by atoms with Crippen molar-refractivity contribution in [1.29, 1.82) is 0 Å². The second kappa shape index (κ2) is 6.36. The Balaban J connectivity index is 1.82. The fourth-order valence-electron chi connectivity index (χ4n) is 2.07. The third kappa shape index (κ3) is 3.02. The van der Waals surface area contributed by atoms with Gasteiger partial charge >= 0.3 is 0 Å². The Morgan fingerprint density at radius 3 is 2.95 bits per heavy atom. The van der Waals surface area contributed by atoms with Gasteiger partial charge in [-0.1, -0.05) is 35.0 Å². The molecular formula is C13H12Cl2N4O2S. The molecule has 0 saturated heterocycles. The number of carbonyl (C=O) groups excluding carboxylic acids is 1. The molecule has 0 radical (unpaired) electrons. The monoisotopic (exact) mass is 358 g/mol. The Bertz CT molecular complexity index is 722. The highest BCUT2D eigenvalue weighted by molar-refractivity contribution is 7.99. The number of halogens is 2. The summed E-state index contributed by atoms with van der Waals surface area (Å²) >= 11 is 13.5. The smallest absolute Gasteiger partial charge is 0.238 e. The summed E-state index contributed by atoms with van der Waals surface area (Å²) in [6, 6.07) is 4.99. The van der Waals surface area contributed by atoms with E-state index in [1.54, 1.807) is 39.6 Å². The van der Waals surface area contributed by atoms with E-state index in [4.69, 9.17) is 27.9 Å². The molecule has 1 amide bonds. The number of hydrogen-bond donors (Lipinski definition) is 0. The van der Waals surface area contributed by atoms with Crippen molar-refractivity contribution in [1.82, 2.24) is 14.9 Å². The molecule has 2 aromatic rings. The molecule has 9 heteroatoms. The summed E-state index contributed by atoms with van der Waals surface area (Å²) in [4.78, 5) is 11.7. The highest BCUT2D eigenvalue weighted by Crippen LogP contribution is 2.29. The third-order valence-corrected chi connectivity index (χ3v) is 4.50. The first-order chi connectivity index (χ1) is 10.6. The van der Waals surface area contributed by atoms with Crippen LogP contribution in [0, 0.1) is 0 Å². The molecule has 1 aromatic carbocycles. The number of benzene rings is 1. The fraction of sp³-hybridized carbons (Fsp3) is 0.308. The minimum absolute atomic E-state index is 0.0628. The number of aromatic nitrogens is 3. The van der Waals surface area contributed by atoms with Crippen LogP contribution < -0.4 is 9.75 Å². The van der Waals surface area contributed by atoms with Crippen molar-refractivity contribution in [2.45, 2.75) is 18.7 Å². The molecule has 0 atom stereocenters. The number of hydrogen-bond acceptors (Lipinski definition) is 5. The summed E-state index contributed by atoms with van der Waals surface area (Å²) < 4.78 is 7.36. The van der Waals surface area contributed by atoms with Crippen LogP contribution in [0.3, 0.4) is 0 Å². The Hall–Kier alpha value is -1.44. The zero-order valence-corrected chi connectivity index (χ0v) is 14.0. The first-order valence-electron chi connectivity index (χ1n) is 6.49. The van der Waals surface area contributed by atoms with Gasteiger partial charge in [0.25, 0.3) is 0 Å². The molecule has 1 aliphatic rings. The topological polar surface area (TPSA) is 60.3 Å². The van der Waals surface area contributed by atoms with Crippen LogP contribution in [0.1, 0.15) is 12.7 Å². The van der Waals surface area contributed by atoms with Crippen molar-refractivity contribution in [3.05, 3.63) is 34.1 Å². The summed E-state index contributed by atoms with van der Waals surface area (Å²) in [5, 5.41) is 11.4. The van der Waals surface area contributed by atoms with Gasteiger partial charge in [-0.25, -0.2) is 9.69 Å². The van der Waals surface area contributed by atoms with Gasteiger partial charge in [0.15, 0.2) is 5.82 Å². The lowest BCUT2D eigenvalue weighted by atomic mass is 10.3. The predicted molar refractivity (Wildman–Crippen MR) is 85.3 cm³/mol. The van der Waals surface area contributed by atoms with Crippen LogP contribution in [0.15, 0.2) is 23.4 Å². The predicted octanol–water partition coefficient (Wildman–Crippen LogP) is 2.75. The largest absolute Gasteiger partial charge is 0.484 e. The third-order valence-electron chi connectivity index (χ3n) is 3.07. The number of nitrogens with zero attached hydrogens (tertiary/aromatic N) is 4. The Morgan fingerprint density at radius 1 is 1.41 bits per heavy atom. The zero-order chi connectivity index (χ0) is 15.7. The van der Waals surface area contributed by atoms with Crippen LogP contribution in [0.4, 0.5) is 0 Å². The van der Waals surface area contributed by atoms with Gasteiger partial charge in [0.1, 0.15) is 12.4 Å².